The second-order valence-corrected chi connectivity index (χ2v) is 8.81. The molecule has 4 rings (SSSR count). The van der Waals surface area contributed by atoms with E-state index in [1.807, 2.05) is 30.3 Å². The summed E-state index contributed by atoms with van der Waals surface area (Å²) in [4.78, 5) is 41.1. The highest BCUT2D eigenvalue weighted by atomic mass is 16.6. The summed E-state index contributed by atoms with van der Waals surface area (Å²) in [6.07, 6.45) is 3.00. The van der Waals surface area contributed by atoms with Crippen molar-refractivity contribution in [2.24, 2.45) is 11.8 Å². The molecule has 1 aromatic carbocycles. The number of hydrogen-bond acceptors (Lipinski definition) is 7. The number of nitrogens with zero attached hydrogens (tertiary/aromatic N) is 2. The Bertz CT molecular complexity index is 1220. The van der Waals surface area contributed by atoms with E-state index in [1.165, 1.54) is 6.20 Å². The predicted octanol–water partition coefficient (Wildman–Crippen LogP) is 5.18. The number of carboxylic acids is 1. The summed E-state index contributed by atoms with van der Waals surface area (Å²) in [5.41, 5.74) is 2.46. The lowest BCUT2D eigenvalue weighted by Crippen LogP contribution is -2.36. The topological polar surface area (TPSA) is 144 Å². The van der Waals surface area contributed by atoms with Crippen molar-refractivity contribution in [1.82, 2.24) is 10.1 Å². The van der Waals surface area contributed by atoms with Crippen LogP contribution in [0.15, 0.2) is 53.2 Å². The molecule has 1 aliphatic rings. The molecule has 1 fully saturated rings. The number of aryl methyl sites for hydroxylation is 1. The molecule has 0 bridgehead atoms. The van der Waals surface area contributed by atoms with Crippen LogP contribution in [0, 0.1) is 18.8 Å². The van der Waals surface area contributed by atoms with E-state index < -0.39 is 30.0 Å². The van der Waals surface area contributed by atoms with Gasteiger partial charge in [0.1, 0.15) is 23.2 Å². The molecular weight excluding hydrogens is 464 g/mol. The second-order valence-electron chi connectivity index (χ2n) is 8.81. The predicted molar refractivity (Wildman–Crippen MR) is 131 cm³/mol. The van der Waals surface area contributed by atoms with Crippen LogP contribution in [-0.2, 0) is 14.3 Å². The van der Waals surface area contributed by atoms with Crippen LogP contribution in [0.3, 0.4) is 0 Å². The molecule has 0 saturated heterocycles. The van der Waals surface area contributed by atoms with Gasteiger partial charge in [0.15, 0.2) is 0 Å². The Balaban J connectivity index is 1.42. The molecule has 2 unspecified atom stereocenters. The van der Waals surface area contributed by atoms with Crippen molar-refractivity contribution in [1.29, 1.82) is 0 Å². The monoisotopic (exact) mass is 492 g/mol. The summed E-state index contributed by atoms with van der Waals surface area (Å²) in [5, 5.41) is 18.8. The van der Waals surface area contributed by atoms with Crippen molar-refractivity contribution in [3.05, 3.63) is 59.9 Å². The zero-order valence-electron chi connectivity index (χ0n) is 20.1. The van der Waals surface area contributed by atoms with Crippen LogP contribution in [-0.4, -0.2) is 33.2 Å². The van der Waals surface area contributed by atoms with Crippen LogP contribution in [0.2, 0.25) is 0 Å². The standard InChI is InChI=1S/C26H28N4O6/c1-15-22(29-26(34)35-16(2)17-8-4-3-5-9-17)23(36-30-15)21-13-12-18(14-27-21)28-24(31)19-10-6-7-11-20(19)25(32)33/h3-5,8-9,12-14,16,19-20H,6-7,10-11H2,1-2H3,(H,28,31)(H,29,34)(H,32,33)/t16-,19?,20?/m1/s1. The number of rotatable bonds is 7. The van der Waals surface area contributed by atoms with Gasteiger partial charge in [-0.3, -0.25) is 19.9 Å². The second kappa shape index (κ2) is 11.0. The van der Waals surface area contributed by atoms with Gasteiger partial charge in [0.2, 0.25) is 11.7 Å². The van der Waals surface area contributed by atoms with Gasteiger partial charge in [-0.25, -0.2) is 4.79 Å². The number of carbonyl (C=O) groups excluding carboxylic acids is 2. The SMILES string of the molecule is Cc1noc(-c2ccc(NC(=O)C3CCCCC3C(=O)O)cn2)c1NC(=O)O[C@H](C)c1ccccc1. The van der Waals surface area contributed by atoms with Gasteiger partial charge in [0.25, 0.3) is 0 Å². The molecule has 0 radical (unpaired) electrons. The van der Waals surface area contributed by atoms with Gasteiger partial charge in [0, 0.05) is 0 Å². The van der Waals surface area contributed by atoms with E-state index >= 15 is 0 Å². The zero-order chi connectivity index (χ0) is 25.7. The Morgan fingerprint density at radius 1 is 1.06 bits per heavy atom. The van der Waals surface area contributed by atoms with Gasteiger partial charge in [-0.2, -0.15) is 0 Å². The highest BCUT2D eigenvalue weighted by Crippen LogP contribution is 2.33. The van der Waals surface area contributed by atoms with Crippen molar-refractivity contribution in [3.63, 3.8) is 0 Å². The minimum absolute atomic E-state index is 0.243. The van der Waals surface area contributed by atoms with Gasteiger partial charge in [-0.1, -0.05) is 48.3 Å². The van der Waals surface area contributed by atoms with E-state index in [1.54, 1.807) is 26.0 Å². The van der Waals surface area contributed by atoms with Crippen LogP contribution in [0.4, 0.5) is 16.2 Å². The van der Waals surface area contributed by atoms with Crippen LogP contribution in [0.5, 0.6) is 0 Å². The fraction of sp³-hybridized carbons (Fsp3) is 0.346. The molecule has 188 valence electrons. The highest BCUT2D eigenvalue weighted by Gasteiger charge is 2.35. The number of hydrogen-bond donors (Lipinski definition) is 3. The van der Waals surface area contributed by atoms with Crippen molar-refractivity contribution in [2.45, 2.75) is 45.6 Å². The molecule has 2 aromatic heterocycles. The van der Waals surface area contributed by atoms with E-state index in [4.69, 9.17) is 9.26 Å². The highest BCUT2D eigenvalue weighted by molar-refractivity contribution is 5.95. The third-order valence-electron chi connectivity index (χ3n) is 6.33. The van der Waals surface area contributed by atoms with Crippen molar-refractivity contribution >= 4 is 29.3 Å². The zero-order valence-corrected chi connectivity index (χ0v) is 20.1. The summed E-state index contributed by atoms with van der Waals surface area (Å²) < 4.78 is 10.9. The lowest BCUT2D eigenvalue weighted by molar-refractivity contribution is -0.147. The van der Waals surface area contributed by atoms with Crippen molar-refractivity contribution in [3.8, 4) is 11.5 Å². The molecule has 3 N–H and O–H groups in total. The van der Waals surface area contributed by atoms with Crippen LogP contribution in [0.25, 0.3) is 11.5 Å². The normalized spacial score (nSPS) is 18.2. The van der Waals surface area contributed by atoms with E-state index in [9.17, 15) is 19.5 Å². The molecule has 10 nitrogen and oxygen atoms in total. The Labute approximate surface area is 208 Å². The third kappa shape index (κ3) is 5.70. The number of benzene rings is 1. The molecule has 1 aliphatic carbocycles. The van der Waals surface area contributed by atoms with Crippen LogP contribution < -0.4 is 10.6 Å². The quantitative estimate of drug-likeness (QED) is 0.409. The number of ether oxygens (including phenoxy) is 1. The maximum absolute atomic E-state index is 12.7. The minimum atomic E-state index is -0.944. The number of anilines is 2. The number of nitrogens with one attached hydrogen (secondary N) is 2. The van der Waals surface area contributed by atoms with Gasteiger partial charge in [-0.15, -0.1) is 0 Å². The number of pyridine rings is 1. The minimum Gasteiger partial charge on any atom is -0.481 e. The molecule has 2 amide bonds. The smallest absolute Gasteiger partial charge is 0.412 e. The lowest BCUT2D eigenvalue weighted by atomic mass is 9.78. The molecule has 10 heteroatoms. The van der Waals surface area contributed by atoms with Gasteiger partial charge >= 0.3 is 12.1 Å². The average molecular weight is 493 g/mol. The molecule has 3 aromatic rings. The molecule has 2 heterocycles. The van der Waals surface area contributed by atoms with Crippen molar-refractivity contribution in [2.75, 3.05) is 10.6 Å². The fourth-order valence-electron chi connectivity index (χ4n) is 4.35. The number of carboxylic acid groups (broad SMARTS) is 1. The first-order valence-electron chi connectivity index (χ1n) is 11.8. The van der Waals surface area contributed by atoms with Crippen molar-refractivity contribution < 1.29 is 28.8 Å². The Kier molecular flexibility index (Phi) is 7.62. The summed E-state index contributed by atoms with van der Waals surface area (Å²) in [7, 11) is 0. The first-order chi connectivity index (χ1) is 17.3. The van der Waals surface area contributed by atoms with E-state index in [2.05, 4.69) is 20.8 Å². The molecule has 36 heavy (non-hydrogen) atoms. The largest absolute Gasteiger partial charge is 0.481 e. The van der Waals surface area contributed by atoms with Gasteiger partial charge in [0.05, 0.1) is 23.7 Å². The molecule has 1 saturated carbocycles. The van der Waals surface area contributed by atoms with E-state index in [0.717, 1.165) is 18.4 Å². The molecule has 0 spiro atoms. The maximum atomic E-state index is 12.7. The first kappa shape index (κ1) is 24.9. The summed E-state index contributed by atoms with van der Waals surface area (Å²) in [5.74, 6) is -2.28. The fourth-order valence-corrected chi connectivity index (χ4v) is 4.35. The third-order valence-corrected chi connectivity index (χ3v) is 6.33. The lowest BCUT2D eigenvalue weighted by Gasteiger charge is -2.27. The maximum Gasteiger partial charge on any atom is 0.412 e. The molecular formula is C26H28N4O6. The number of aromatic nitrogens is 2. The summed E-state index contributed by atoms with van der Waals surface area (Å²) in [6.45, 7) is 3.46. The number of aliphatic carboxylic acids is 1. The first-order valence-corrected chi connectivity index (χ1v) is 11.8. The van der Waals surface area contributed by atoms with Gasteiger partial charge < -0.3 is 19.7 Å². The Morgan fingerprint density at radius 2 is 1.78 bits per heavy atom. The van der Waals surface area contributed by atoms with E-state index in [0.29, 0.717) is 35.6 Å². The molecule has 3 atom stereocenters. The summed E-state index contributed by atoms with van der Waals surface area (Å²) >= 11 is 0. The van der Waals surface area contributed by atoms with Gasteiger partial charge in [-0.05, 0) is 44.4 Å². The number of amides is 2. The molecule has 0 aliphatic heterocycles. The number of carbonyl (C=O) groups is 3. The van der Waals surface area contributed by atoms with E-state index in [-0.39, 0.29) is 11.7 Å². The van der Waals surface area contributed by atoms with Crippen LogP contribution in [0.1, 0.15) is 50.0 Å². The average Bonchev–Trinajstić information content (AvgIpc) is 3.24. The summed E-state index contributed by atoms with van der Waals surface area (Å²) in [6, 6.07) is 12.6. The Morgan fingerprint density at radius 3 is 2.44 bits per heavy atom. The van der Waals surface area contributed by atoms with Crippen LogP contribution >= 0.6 is 0 Å². The Hall–Kier alpha value is -4.21.